The lowest BCUT2D eigenvalue weighted by molar-refractivity contribution is 0.251. The average Bonchev–Trinajstić information content (AvgIpc) is 2.04. The monoisotopic (exact) mass is 223 g/mol. The van der Waals surface area contributed by atoms with Gasteiger partial charge < -0.3 is 0 Å². The number of piperidine rings is 1. The second kappa shape index (κ2) is 4.98. The van der Waals surface area contributed by atoms with Gasteiger partial charge in [0, 0.05) is 22.6 Å². The van der Waals surface area contributed by atoms with Crippen LogP contribution in [0.1, 0.15) is 19.3 Å². The molecule has 1 aliphatic heterocycles. The zero-order valence-electron chi connectivity index (χ0n) is 7.45. The minimum atomic E-state index is -3.46. The molecule has 0 amide bonds. The van der Waals surface area contributed by atoms with Crippen LogP contribution in [-0.4, -0.2) is 33.0 Å². The largest absolute Gasteiger partial charge is 0.300 e. The Morgan fingerprint density at radius 2 is 1.85 bits per heavy atom. The van der Waals surface area contributed by atoms with E-state index in [0.29, 0.717) is 6.54 Å². The molecule has 0 aliphatic carbocycles. The summed E-state index contributed by atoms with van der Waals surface area (Å²) in [5.74, 6) is 0. The first-order valence-corrected chi connectivity index (χ1v) is 6.79. The highest BCUT2D eigenvalue weighted by molar-refractivity contribution is 8.16. The van der Waals surface area contributed by atoms with Gasteiger partial charge >= 0.3 is 0 Å². The van der Waals surface area contributed by atoms with Gasteiger partial charge in [-0.05, 0) is 25.9 Å². The first-order chi connectivity index (χ1) is 6.08. The Morgan fingerprint density at radius 3 is 2.38 bits per heavy atom. The molecular weight excluding hydrogens is 210 g/mol. The van der Waals surface area contributed by atoms with Gasteiger partial charge in [-0.25, -0.2) is 8.42 Å². The summed E-state index contributed by atoms with van der Waals surface area (Å²) >= 11 is 0. The standard InChI is InChI=1S/C8H14ClNO2S/c9-13(11,12)8-4-7-10-5-2-1-3-6-10/h4,8H,1-3,5-7H2/b8-4-. The molecule has 1 aliphatic rings. The summed E-state index contributed by atoms with van der Waals surface area (Å²) in [6, 6.07) is 0. The topological polar surface area (TPSA) is 37.4 Å². The molecular formula is C8H14ClNO2S. The molecule has 1 saturated heterocycles. The third-order valence-corrected chi connectivity index (χ3v) is 2.90. The molecule has 0 spiro atoms. The Bertz CT molecular complexity index is 268. The highest BCUT2D eigenvalue weighted by atomic mass is 35.7. The maximum absolute atomic E-state index is 10.5. The first kappa shape index (κ1) is 11.0. The summed E-state index contributed by atoms with van der Waals surface area (Å²) in [4.78, 5) is 2.22. The van der Waals surface area contributed by atoms with Crippen molar-refractivity contribution in [3.05, 3.63) is 11.5 Å². The maximum atomic E-state index is 10.5. The van der Waals surface area contributed by atoms with Gasteiger partial charge in [0.25, 0.3) is 9.05 Å². The second-order valence-electron chi connectivity index (χ2n) is 3.21. The molecule has 5 heteroatoms. The lowest BCUT2D eigenvalue weighted by atomic mass is 10.1. The quantitative estimate of drug-likeness (QED) is 0.682. The fraction of sp³-hybridized carbons (Fsp3) is 0.750. The highest BCUT2D eigenvalue weighted by Crippen LogP contribution is 2.08. The number of rotatable bonds is 3. The summed E-state index contributed by atoms with van der Waals surface area (Å²) in [6.07, 6.45) is 5.31. The summed E-state index contributed by atoms with van der Waals surface area (Å²) in [5.41, 5.74) is 0. The van der Waals surface area contributed by atoms with Crippen LogP contribution in [0.3, 0.4) is 0 Å². The van der Waals surface area contributed by atoms with Gasteiger partial charge in [0.05, 0.1) is 0 Å². The molecule has 1 rings (SSSR count). The van der Waals surface area contributed by atoms with Crippen LogP contribution in [0.5, 0.6) is 0 Å². The number of halogens is 1. The zero-order valence-corrected chi connectivity index (χ0v) is 9.02. The van der Waals surface area contributed by atoms with E-state index in [1.165, 1.54) is 19.3 Å². The minimum absolute atomic E-state index is 0.686. The van der Waals surface area contributed by atoms with E-state index in [2.05, 4.69) is 4.90 Å². The summed E-state index contributed by atoms with van der Waals surface area (Å²) < 4.78 is 21.1. The molecule has 0 saturated carbocycles. The van der Waals surface area contributed by atoms with E-state index >= 15 is 0 Å². The molecule has 1 heterocycles. The van der Waals surface area contributed by atoms with Crippen LogP contribution >= 0.6 is 10.7 Å². The maximum Gasteiger partial charge on any atom is 0.254 e. The van der Waals surface area contributed by atoms with Crippen LogP contribution in [0.4, 0.5) is 0 Å². The third-order valence-electron chi connectivity index (χ3n) is 2.07. The van der Waals surface area contributed by atoms with Crippen molar-refractivity contribution in [3.63, 3.8) is 0 Å². The second-order valence-corrected chi connectivity index (χ2v) is 5.72. The molecule has 13 heavy (non-hydrogen) atoms. The molecule has 76 valence electrons. The Kier molecular flexibility index (Phi) is 4.22. The highest BCUT2D eigenvalue weighted by Gasteiger charge is 2.07. The average molecular weight is 224 g/mol. The molecule has 3 nitrogen and oxygen atoms in total. The molecule has 0 radical (unpaired) electrons. The first-order valence-electron chi connectivity index (χ1n) is 4.41. The van der Waals surface area contributed by atoms with E-state index in [0.717, 1.165) is 18.5 Å². The molecule has 0 unspecified atom stereocenters. The van der Waals surface area contributed by atoms with Crippen LogP contribution in [0.25, 0.3) is 0 Å². The molecule has 0 N–H and O–H groups in total. The van der Waals surface area contributed by atoms with E-state index in [4.69, 9.17) is 10.7 Å². The van der Waals surface area contributed by atoms with Crippen molar-refractivity contribution in [3.8, 4) is 0 Å². The number of hydrogen-bond donors (Lipinski definition) is 0. The van der Waals surface area contributed by atoms with Crippen molar-refractivity contribution in [1.29, 1.82) is 0 Å². The number of nitrogens with zero attached hydrogens (tertiary/aromatic N) is 1. The number of hydrogen-bond acceptors (Lipinski definition) is 3. The predicted molar refractivity (Wildman–Crippen MR) is 54.2 cm³/mol. The Hall–Kier alpha value is -0.0600. The smallest absolute Gasteiger partial charge is 0.254 e. The van der Waals surface area contributed by atoms with Gasteiger partial charge in [0.1, 0.15) is 0 Å². The van der Waals surface area contributed by atoms with Crippen LogP contribution in [0, 0.1) is 0 Å². The molecule has 0 aromatic carbocycles. The van der Waals surface area contributed by atoms with Gasteiger partial charge in [-0.1, -0.05) is 12.5 Å². The van der Waals surface area contributed by atoms with Crippen LogP contribution in [0.2, 0.25) is 0 Å². The normalized spacial score (nSPS) is 21.0. The van der Waals surface area contributed by atoms with Gasteiger partial charge in [-0.15, -0.1) is 0 Å². The van der Waals surface area contributed by atoms with Crippen molar-refractivity contribution in [2.24, 2.45) is 0 Å². The van der Waals surface area contributed by atoms with Gasteiger partial charge in [0.2, 0.25) is 0 Å². The van der Waals surface area contributed by atoms with Crippen molar-refractivity contribution in [2.45, 2.75) is 19.3 Å². The van der Waals surface area contributed by atoms with E-state index in [1.807, 2.05) is 0 Å². The van der Waals surface area contributed by atoms with Gasteiger partial charge in [-0.2, -0.15) is 0 Å². The lowest BCUT2D eigenvalue weighted by Crippen LogP contribution is -2.29. The number of likely N-dealkylation sites (tertiary alicyclic amines) is 1. The van der Waals surface area contributed by atoms with Crippen LogP contribution in [-0.2, 0) is 9.05 Å². The van der Waals surface area contributed by atoms with E-state index < -0.39 is 9.05 Å². The van der Waals surface area contributed by atoms with Crippen LogP contribution < -0.4 is 0 Å². The van der Waals surface area contributed by atoms with E-state index in [-0.39, 0.29) is 0 Å². The molecule has 1 fully saturated rings. The van der Waals surface area contributed by atoms with Crippen molar-refractivity contribution < 1.29 is 8.42 Å². The van der Waals surface area contributed by atoms with Crippen molar-refractivity contribution in [1.82, 2.24) is 4.90 Å². The van der Waals surface area contributed by atoms with Gasteiger partial charge in [0.15, 0.2) is 0 Å². The zero-order chi connectivity index (χ0) is 9.73. The Labute approximate surface area is 83.8 Å². The predicted octanol–water partition coefficient (Wildman–Crippen LogP) is 1.55. The lowest BCUT2D eigenvalue weighted by Gasteiger charge is -2.24. The SMILES string of the molecule is O=S(=O)(Cl)/C=C\CN1CCCCC1. The van der Waals surface area contributed by atoms with Crippen LogP contribution in [0.15, 0.2) is 11.5 Å². The molecule has 0 aromatic rings. The molecule has 0 bridgehead atoms. The summed E-state index contributed by atoms with van der Waals surface area (Å²) in [7, 11) is 1.56. The third kappa shape index (κ3) is 5.29. The van der Waals surface area contributed by atoms with Crippen molar-refractivity contribution in [2.75, 3.05) is 19.6 Å². The minimum Gasteiger partial charge on any atom is -0.300 e. The molecule has 0 aromatic heterocycles. The fourth-order valence-electron chi connectivity index (χ4n) is 1.45. The van der Waals surface area contributed by atoms with E-state index in [1.54, 1.807) is 6.08 Å². The Balaban J connectivity index is 2.29. The molecule has 0 atom stereocenters. The van der Waals surface area contributed by atoms with Gasteiger partial charge in [-0.3, -0.25) is 4.90 Å². The van der Waals surface area contributed by atoms with Crippen molar-refractivity contribution >= 4 is 19.7 Å². The summed E-state index contributed by atoms with van der Waals surface area (Å²) in [5, 5.41) is 1.06. The van der Waals surface area contributed by atoms with E-state index in [9.17, 15) is 8.42 Å². The summed E-state index contributed by atoms with van der Waals surface area (Å²) in [6.45, 7) is 2.81. The fourth-order valence-corrected chi connectivity index (χ4v) is 1.98. The Morgan fingerprint density at radius 1 is 1.23 bits per heavy atom.